The number of hydrogen-bond donors (Lipinski definition) is 2. The standard InChI is InChI=1S/C16H25N7O2/c1-10-15(11(2)20-19-10)18-14(24)9-22-5-7-23(8-6-22)12(3)16-17-13(4)21-25-16/h12H,5-9H2,1-4H3,(H,18,24)(H,19,20). The third kappa shape index (κ3) is 4.05. The number of aromatic nitrogens is 4. The molecule has 1 aliphatic heterocycles. The van der Waals surface area contributed by atoms with E-state index in [1.54, 1.807) is 0 Å². The van der Waals surface area contributed by atoms with Crippen LogP contribution in [0.4, 0.5) is 5.69 Å². The van der Waals surface area contributed by atoms with Gasteiger partial charge in [0.2, 0.25) is 11.8 Å². The lowest BCUT2D eigenvalue weighted by molar-refractivity contribution is -0.117. The number of amides is 1. The van der Waals surface area contributed by atoms with Crippen molar-refractivity contribution in [3.05, 3.63) is 23.1 Å². The first-order valence-electron chi connectivity index (χ1n) is 8.52. The Bertz CT molecular complexity index is 711. The van der Waals surface area contributed by atoms with Crippen LogP contribution in [0.25, 0.3) is 0 Å². The number of nitrogens with zero attached hydrogens (tertiary/aromatic N) is 5. The lowest BCUT2D eigenvalue weighted by Crippen LogP contribution is -2.49. The lowest BCUT2D eigenvalue weighted by Gasteiger charge is -2.36. The van der Waals surface area contributed by atoms with Gasteiger partial charge in [-0.25, -0.2) is 0 Å². The highest BCUT2D eigenvalue weighted by Gasteiger charge is 2.26. The van der Waals surface area contributed by atoms with Gasteiger partial charge in [0.15, 0.2) is 5.82 Å². The van der Waals surface area contributed by atoms with E-state index in [-0.39, 0.29) is 11.9 Å². The molecule has 0 aliphatic carbocycles. The maximum atomic E-state index is 12.3. The molecule has 2 aromatic rings. The number of aromatic amines is 1. The van der Waals surface area contributed by atoms with Crippen molar-refractivity contribution in [3.63, 3.8) is 0 Å². The van der Waals surface area contributed by atoms with E-state index in [4.69, 9.17) is 4.52 Å². The molecule has 136 valence electrons. The van der Waals surface area contributed by atoms with E-state index in [0.29, 0.717) is 18.3 Å². The summed E-state index contributed by atoms with van der Waals surface area (Å²) >= 11 is 0. The summed E-state index contributed by atoms with van der Waals surface area (Å²) in [5.41, 5.74) is 2.46. The van der Waals surface area contributed by atoms with Crippen molar-refractivity contribution in [1.82, 2.24) is 30.1 Å². The molecule has 0 radical (unpaired) electrons. The summed E-state index contributed by atoms with van der Waals surface area (Å²) in [5.74, 6) is 1.29. The number of hydrogen-bond acceptors (Lipinski definition) is 7. The third-order valence-electron chi connectivity index (χ3n) is 4.62. The van der Waals surface area contributed by atoms with Crippen LogP contribution in [0.1, 0.15) is 36.1 Å². The van der Waals surface area contributed by atoms with Crippen LogP contribution >= 0.6 is 0 Å². The molecule has 1 amide bonds. The number of rotatable bonds is 5. The zero-order chi connectivity index (χ0) is 18.0. The molecule has 9 nitrogen and oxygen atoms in total. The number of aryl methyl sites for hydroxylation is 3. The van der Waals surface area contributed by atoms with E-state index in [0.717, 1.165) is 43.3 Å². The fraction of sp³-hybridized carbons (Fsp3) is 0.625. The molecule has 3 heterocycles. The first-order valence-corrected chi connectivity index (χ1v) is 8.52. The zero-order valence-electron chi connectivity index (χ0n) is 15.2. The molecule has 0 aromatic carbocycles. The summed E-state index contributed by atoms with van der Waals surface area (Å²) in [7, 11) is 0. The maximum absolute atomic E-state index is 12.3. The number of carbonyl (C=O) groups excluding carboxylic acids is 1. The second-order valence-electron chi connectivity index (χ2n) is 6.53. The largest absolute Gasteiger partial charge is 0.338 e. The molecule has 2 aromatic heterocycles. The molecule has 9 heteroatoms. The minimum Gasteiger partial charge on any atom is -0.338 e. The molecule has 1 fully saturated rings. The highest BCUT2D eigenvalue weighted by Crippen LogP contribution is 2.20. The number of nitrogens with one attached hydrogen (secondary N) is 2. The van der Waals surface area contributed by atoms with Gasteiger partial charge in [0.05, 0.1) is 29.7 Å². The Kier molecular flexibility index (Phi) is 5.14. The Morgan fingerprint density at radius 3 is 2.56 bits per heavy atom. The first kappa shape index (κ1) is 17.6. The fourth-order valence-electron chi connectivity index (χ4n) is 3.06. The summed E-state index contributed by atoms with van der Waals surface area (Å²) in [6.07, 6.45) is 0. The van der Waals surface area contributed by atoms with Crippen molar-refractivity contribution in [2.45, 2.75) is 33.7 Å². The number of anilines is 1. The quantitative estimate of drug-likeness (QED) is 0.833. The van der Waals surface area contributed by atoms with Gasteiger partial charge in [-0.15, -0.1) is 0 Å². The minimum absolute atomic E-state index is 0.0124. The van der Waals surface area contributed by atoms with Crippen molar-refractivity contribution < 1.29 is 9.32 Å². The predicted octanol–water partition coefficient (Wildman–Crippen LogP) is 1.04. The summed E-state index contributed by atoms with van der Waals surface area (Å²) in [6, 6.07) is 0.0911. The second-order valence-corrected chi connectivity index (χ2v) is 6.53. The first-order chi connectivity index (χ1) is 11.9. The molecule has 2 N–H and O–H groups in total. The van der Waals surface area contributed by atoms with Crippen LogP contribution in [0.2, 0.25) is 0 Å². The lowest BCUT2D eigenvalue weighted by atomic mass is 10.2. The number of carbonyl (C=O) groups is 1. The Morgan fingerprint density at radius 2 is 2.00 bits per heavy atom. The van der Waals surface area contributed by atoms with Gasteiger partial charge in [0, 0.05) is 26.2 Å². The van der Waals surface area contributed by atoms with Crippen LogP contribution in [0, 0.1) is 20.8 Å². The van der Waals surface area contributed by atoms with Crippen molar-refractivity contribution in [2.75, 3.05) is 38.0 Å². The van der Waals surface area contributed by atoms with Gasteiger partial charge in [-0.3, -0.25) is 19.7 Å². The fourth-order valence-corrected chi connectivity index (χ4v) is 3.06. The Hall–Kier alpha value is -2.26. The highest BCUT2D eigenvalue weighted by molar-refractivity contribution is 5.93. The van der Waals surface area contributed by atoms with Gasteiger partial charge in [-0.1, -0.05) is 5.16 Å². The Morgan fingerprint density at radius 1 is 1.28 bits per heavy atom. The number of piperazine rings is 1. The molecule has 0 spiro atoms. The molecule has 1 aliphatic rings. The molecule has 0 saturated carbocycles. The predicted molar refractivity (Wildman–Crippen MR) is 92.2 cm³/mol. The molecule has 1 unspecified atom stereocenters. The van der Waals surface area contributed by atoms with E-state index in [9.17, 15) is 4.79 Å². The smallest absolute Gasteiger partial charge is 0.243 e. The van der Waals surface area contributed by atoms with Crippen LogP contribution < -0.4 is 5.32 Å². The number of H-pyrrole nitrogens is 1. The van der Waals surface area contributed by atoms with Crippen LogP contribution in [-0.2, 0) is 4.79 Å². The topological polar surface area (TPSA) is 103 Å². The van der Waals surface area contributed by atoms with Gasteiger partial charge < -0.3 is 9.84 Å². The molecule has 3 rings (SSSR count). The average Bonchev–Trinajstić information content (AvgIpc) is 3.15. The molecule has 25 heavy (non-hydrogen) atoms. The second kappa shape index (κ2) is 7.32. The van der Waals surface area contributed by atoms with E-state index in [1.165, 1.54) is 0 Å². The molecular formula is C16H25N7O2. The normalized spacial score (nSPS) is 17.6. The minimum atomic E-state index is -0.0124. The molecule has 0 bridgehead atoms. The van der Waals surface area contributed by atoms with Crippen molar-refractivity contribution in [2.24, 2.45) is 0 Å². The van der Waals surface area contributed by atoms with E-state index in [2.05, 4.69) is 42.4 Å². The summed E-state index contributed by atoms with van der Waals surface area (Å²) in [4.78, 5) is 21.0. The van der Waals surface area contributed by atoms with Crippen LogP contribution in [0.3, 0.4) is 0 Å². The van der Waals surface area contributed by atoms with Crippen molar-refractivity contribution >= 4 is 11.6 Å². The van der Waals surface area contributed by atoms with E-state index in [1.807, 2.05) is 20.8 Å². The molecule has 1 saturated heterocycles. The van der Waals surface area contributed by atoms with Crippen LogP contribution in [0.5, 0.6) is 0 Å². The highest BCUT2D eigenvalue weighted by atomic mass is 16.5. The molecule has 1 atom stereocenters. The monoisotopic (exact) mass is 347 g/mol. The molecular weight excluding hydrogens is 322 g/mol. The van der Waals surface area contributed by atoms with Crippen molar-refractivity contribution in [1.29, 1.82) is 0 Å². The maximum Gasteiger partial charge on any atom is 0.243 e. The Balaban J connectivity index is 1.48. The van der Waals surface area contributed by atoms with Gasteiger partial charge in [0.25, 0.3) is 0 Å². The van der Waals surface area contributed by atoms with Gasteiger partial charge in [-0.05, 0) is 27.7 Å². The summed E-state index contributed by atoms with van der Waals surface area (Å²) < 4.78 is 5.26. The summed E-state index contributed by atoms with van der Waals surface area (Å²) in [6.45, 7) is 11.4. The Labute approximate surface area is 146 Å². The van der Waals surface area contributed by atoms with E-state index < -0.39 is 0 Å². The van der Waals surface area contributed by atoms with Crippen LogP contribution in [-0.4, -0.2) is 68.8 Å². The zero-order valence-corrected chi connectivity index (χ0v) is 15.2. The van der Waals surface area contributed by atoms with Crippen molar-refractivity contribution in [3.8, 4) is 0 Å². The third-order valence-corrected chi connectivity index (χ3v) is 4.62. The SMILES string of the molecule is Cc1noc(C(C)N2CCN(CC(=O)Nc3c(C)n[nH]c3C)CC2)n1. The van der Waals surface area contributed by atoms with Gasteiger partial charge in [0.1, 0.15) is 0 Å². The van der Waals surface area contributed by atoms with E-state index >= 15 is 0 Å². The van der Waals surface area contributed by atoms with Gasteiger partial charge in [-0.2, -0.15) is 10.1 Å². The summed E-state index contributed by atoms with van der Waals surface area (Å²) in [5, 5.41) is 13.8. The van der Waals surface area contributed by atoms with Gasteiger partial charge >= 0.3 is 0 Å². The average molecular weight is 347 g/mol. The van der Waals surface area contributed by atoms with Crippen LogP contribution in [0.15, 0.2) is 4.52 Å².